The van der Waals surface area contributed by atoms with Gasteiger partial charge in [-0.2, -0.15) is 0 Å². The summed E-state index contributed by atoms with van der Waals surface area (Å²) in [5.41, 5.74) is 1.84. The van der Waals surface area contributed by atoms with Crippen molar-refractivity contribution in [2.24, 2.45) is 0 Å². The Morgan fingerprint density at radius 2 is 1.65 bits per heavy atom. The minimum Gasteiger partial charge on any atom is -0.378 e. The topological polar surface area (TPSA) is 120 Å². The van der Waals surface area contributed by atoms with Crippen LogP contribution in [0.25, 0.3) is 0 Å². The van der Waals surface area contributed by atoms with Gasteiger partial charge in [0.2, 0.25) is 5.91 Å². The van der Waals surface area contributed by atoms with Gasteiger partial charge in [0.15, 0.2) is 5.11 Å². The van der Waals surface area contributed by atoms with E-state index in [1.54, 1.807) is 30.0 Å². The highest BCUT2D eigenvalue weighted by molar-refractivity contribution is 7.80. The SMILES string of the molecule is CC(=O)N1CCN(c2ccc(NC(=S)NC(=O)c3ccc(N4CCOCC4)c([N+](=O)[O-])c3)cc2Cl)CC1. The molecule has 2 aromatic carbocycles. The molecule has 0 radical (unpaired) electrons. The Morgan fingerprint density at radius 1 is 1.00 bits per heavy atom. The lowest BCUT2D eigenvalue weighted by atomic mass is 10.1. The zero-order chi connectivity index (χ0) is 26.5. The van der Waals surface area contributed by atoms with Gasteiger partial charge in [0.1, 0.15) is 5.69 Å². The van der Waals surface area contributed by atoms with E-state index >= 15 is 0 Å². The molecule has 2 fully saturated rings. The number of benzene rings is 2. The molecule has 2 aliphatic rings. The molecule has 0 spiro atoms. The maximum Gasteiger partial charge on any atom is 0.293 e. The molecule has 2 aliphatic heterocycles. The van der Waals surface area contributed by atoms with Crippen LogP contribution in [0.15, 0.2) is 36.4 Å². The largest absolute Gasteiger partial charge is 0.378 e. The summed E-state index contributed by atoms with van der Waals surface area (Å²) in [5.74, 6) is -0.510. The summed E-state index contributed by atoms with van der Waals surface area (Å²) < 4.78 is 5.31. The van der Waals surface area contributed by atoms with Gasteiger partial charge in [0.25, 0.3) is 11.6 Å². The van der Waals surface area contributed by atoms with Crippen LogP contribution in [-0.4, -0.2) is 79.2 Å². The zero-order valence-corrected chi connectivity index (χ0v) is 21.8. The minimum atomic E-state index is -0.569. The molecule has 0 saturated carbocycles. The maximum atomic E-state index is 12.8. The van der Waals surface area contributed by atoms with Crippen molar-refractivity contribution in [2.45, 2.75) is 6.92 Å². The average Bonchev–Trinajstić information content (AvgIpc) is 2.89. The Morgan fingerprint density at radius 3 is 2.27 bits per heavy atom. The summed E-state index contributed by atoms with van der Waals surface area (Å²) in [4.78, 5) is 41.2. The summed E-state index contributed by atoms with van der Waals surface area (Å²) in [7, 11) is 0. The second-order valence-electron chi connectivity index (χ2n) is 8.63. The molecule has 4 rings (SSSR count). The number of ether oxygens (including phenoxy) is 1. The van der Waals surface area contributed by atoms with Crippen molar-refractivity contribution in [3.05, 3.63) is 57.1 Å². The molecule has 2 aromatic rings. The van der Waals surface area contributed by atoms with Gasteiger partial charge in [-0.3, -0.25) is 25.0 Å². The minimum absolute atomic E-state index is 0.0313. The Bertz CT molecular complexity index is 1210. The third kappa shape index (κ3) is 6.45. The molecule has 2 heterocycles. The average molecular weight is 547 g/mol. The van der Waals surface area contributed by atoms with Crippen LogP contribution >= 0.6 is 23.8 Å². The first-order chi connectivity index (χ1) is 17.7. The molecule has 0 bridgehead atoms. The van der Waals surface area contributed by atoms with Crippen molar-refractivity contribution in [3.8, 4) is 0 Å². The number of morpholine rings is 1. The number of carbonyl (C=O) groups is 2. The van der Waals surface area contributed by atoms with Crippen LogP contribution < -0.4 is 20.4 Å². The summed E-state index contributed by atoms with van der Waals surface area (Å²) in [5, 5.41) is 17.7. The zero-order valence-electron chi connectivity index (χ0n) is 20.2. The molecule has 2 N–H and O–H groups in total. The van der Waals surface area contributed by atoms with Gasteiger partial charge in [0.05, 0.1) is 28.8 Å². The first-order valence-electron chi connectivity index (χ1n) is 11.8. The predicted molar refractivity (Wildman–Crippen MR) is 146 cm³/mol. The molecule has 196 valence electrons. The fourth-order valence-corrected chi connectivity index (χ4v) is 4.83. The van der Waals surface area contributed by atoms with Crippen molar-refractivity contribution >= 4 is 63.5 Å². The molecule has 0 atom stereocenters. The van der Waals surface area contributed by atoms with E-state index < -0.39 is 10.8 Å². The number of nitrogens with one attached hydrogen (secondary N) is 2. The summed E-state index contributed by atoms with van der Waals surface area (Å²) in [6.07, 6.45) is 0. The van der Waals surface area contributed by atoms with Crippen LogP contribution in [0.2, 0.25) is 5.02 Å². The van der Waals surface area contributed by atoms with Crippen molar-refractivity contribution in [3.63, 3.8) is 0 Å². The van der Waals surface area contributed by atoms with Crippen LogP contribution in [0, 0.1) is 10.1 Å². The number of anilines is 3. The highest BCUT2D eigenvalue weighted by Crippen LogP contribution is 2.31. The number of piperazine rings is 1. The lowest BCUT2D eigenvalue weighted by Gasteiger charge is -2.36. The summed E-state index contributed by atoms with van der Waals surface area (Å²) >= 11 is 11.8. The Hall–Kier alpha value is -3.48. The van der Waals surface area contributed by atoms with E-state index in [1.807, 2.05) is 11.0 Å². The number of thiocarbonyl (C=S) groups is 1. The van der Waals surface area contributed by atoms with Gasteiger partial charge in [-0.1, -0.05) is 11.6 Å². The second kappa shape index (κ2) is 11.7. The number of halogens is 1. The molecule has 2 amide bonds. The van der Waals surface area contributed by atoms with Crippen LogP contribution in [0.3, 0.4) is 0 Å². The second-order valence-corrected chi connectivity index (χ2v) is 9.44. The number of nitrogens with zero attached hydrogens (tertiary/aromatic N) is 4. The van der Waals surface area contributed by atoms with Gasteiger partial charge in [-0.15, -0.1) is 0 Å². The molecule has 13 heteroatoms. The van der Waals surface area contributed by atoms with Crippen LogP contribution in [0.5, 0.6) is 0 Å². The monoisotopic (exact) mass is 546 g/mol. The lowest BCUT2D eigenvalue weighted by Crippen LogP contribution is -2.48. The number of carbonyl (C=O) groups excluding carboxylic acids is 2. The standard InChI is InChI=1S/C24H27ClN6O5S/c1-16(32)28-6-8-29(9-7-28)20-5-3-18(15-19(20)25)26-24(37)27-23(33)17-2-4-21(22(14-17)31(34)35)30-10-12-36-13-11-30/h2-5,14-15H,6-13H2,1H3,(H2,26,27,33,37). The van der Waals surface area contributed by atoms with Crippen molar-refractivity contribution in [2.75, 3.05) is 67.6 Å². The first-order valence-corrected chi connectivity index (χ1v) is 12.5. The van der Waals surface area contributed by atoms with Crippen molar-refractivity contribution < 1.29 is 19.2 Å². The van der Waals surface area contributed by atoms with E-state index in [0.29, 0.717) is 68.9 Å². The van der Waals surface area contributed by atoms with Crippen molar-refractivity contribution in [1.82, 2.24) is 10.2 Å². The van der Waals surface area contributed by atoms with Gasteiger partial charge < -0.3 is 24.8 Å². The van der Waals surface area contributed by atoms with E-state index in [0.717, 1.165) is 5.69 Å². The number of nitro groups is 1. The lowest BCUT2D eigenvalue weighted by molar-refractivity contribution is -0.384. The third-order valence-corrected chi connectivity index (χ3v) is 6.79. The fourth-order valence-electron chi connectivity index (χ4n) is 4.32. The predicted octanol–water partition coefficient (Wildman–Crippen LogP) is 2.88. The van der Waals surface area contributed by atoms with E-state index in [1.165, 1.54) is 12.1 Å². The smallest absolute Gasteiger partial charge is 0.293 e. The number of nitro benzene ring substituents is 1. The Balaban J connectivity index is 1.38. The highest BCUT2D eigenvalue weighted by Gasteiger charge is 2.24. The number of rotatable bonds is 5. The molecular weight excluding hydrogens is 520 g/mol. The quantitative estimate of drug-likeness (QED) is 0.331. The first kappa shape index (κ1) is 26.6. The fraction of sp³-hybridized carbons (Fsp3) is 0.375. The van der Waals surface area contributed by atoms with E-state index in [9.17, 15) is 19.7 Å². The Kier molecular flexibility index (Phi) is 8.41. The summed E-state index contributed by atoms with van der Waals surface area (Å²) in [6.45, 7) is 6.23. The Labute approximate surface area is 224 Å². The van der Waals surface area contributed by atoms with E-state index in [-0.39, 0.29) is 22.3 Å². The third-order valence-electron chi connectivity index (χ3n) is 6.28. The van der Waals surface area contributed by atoms with Gasteiger partial charge in [-0.05, 0) is 42.5 Å². The van der Waals surface area contributed by atoms with Crippen molar-refractivity contribution in [1.29, 1.82) is 0 Å². The van der Waals surface area contributed by atoms with E-state index in [2.05, 4.69) is 15.5 Å². The summed E-state index contributed by atoms with van der Waals surface area (Å²) in [6, 6.07) is 9.71. The highest BCUT2D eigenvalue weighted by atomic mass is 35.5. The molecule has 2 saturated heterocycles. The molecule has 0 unspecified atom stereocenters. The molecule has 11 nitrogen and oxygen atoms in total. The maximum absolute atomic E-state index is 12.8. The van der Waals surface area contributed by atoms with Crippen LogP contribution in [-0.2, 0) is 9.53 Å². The van der Waals surface area contributed by atoms with Gasteiger partial charge in [-0.25, -0.2) is 0 Å². The molecule has 0 aromatic heterocycles. The van der Waals surface area contributed by atoms with Crippen LogP contribution in [0.4, 0.5) is 22.7 Å². The normalized spacial score (nSPS) is 15.8. The number of hydrogen-bond donors (Lipinski definition) is 2. The van der Waals surface area contributed by atoms with Crippen LogP contribution in [0.1, 0.15) is 17.3 Å². The van der Waals surface area contributed by atoms with E-state index in [4.69, 9.17) is 28.6 Å². The molecule has 37 heavy (non-hydrogen) atoms. The molecule has 0 aliphatic carbocycles. The van der Waals surface area contributed by atoms with Gasteiger partial charge in [0, 0.05) is 63.5 Å². The number of hydrogen-bond acceptors (Lipinski definition) is 8. The molecular formula is C24H27ClN6O5S. The number of amides is 2. The van der Waals surface area contributed by atoms with Gasteiger partial charge >= 0.3 is 0 Å².